The average Bonchev–Trinajstić information content (AvgIpc) is 2.92. The van der Waals surface area contributed by atoms with Crippen LogP contribution in [-0.4, -0.2) is 17.7 Å². The highest BCUT2D eigenvalue weighted by Crippen LogP contribution is 2.49. The molecule has 0 radical (unpaired) electrons. The molecule has 4 rings (SSSR count). The van der Waals surface area contributed by atoms with Gasteiger partial charge < -0.3 is 4.90 Å². The monoisotopic (exact) mass is 330 g/mol. The van der Waals surface area contributed by atoms with Crippen molar-refractivity contribution in [1.82, 2.24) is 4.90 Å². The van der Waals surface area contributed by atoms with Crippen molar-refractivity contribution in [3.63, 3.8) is 0 Å². The summed E-state index contributed by atoms with van der Waals surface area (Å²) in [6, 6.07) is 15.9. The van der Waals surface area contributed by atoms with Gasteiger partial charge in [0, 0.05) is 35.0 Å². The lowest BCUT2D eigenvalue weighted by Gasteiger charge is -2.33. The molecule has 0 unspecified atom stereocenters. The summed E-state index contributed by atoms with van der Waals surface area (Å²) in [5.41, 5.74) is 4.20. The van der Waals surface area contributed by atoms with Gasteiger partial charge in [0.15, 0.2) is 5.78 Å². The van der Waals surface area contributed by atoms with Crippen molar-refractivity contribution in [3.8, 4) is 6.07 Å². The fraction of sp³-hybridized carbons (Fsp3) is 0.143. The Balaban J connectivity index is 2.04. The lowest BCUT2D eigenvalue weighted by molar-refractivity contribution is 0.103. The van der Waals surface area contributed by atoms with Crippen molar-refractivity contribution in [2.45, 2.75) is 12.8 Å². The number of ketones is 1. The van der Waals surface area contributed by atoms with Gasteiger partial charge in [0.2, 0.25) is 0 Å². The predicted molar refractivity (Wildman–Crippen MR) is 92.9 cm³/mol. The molecule has 0 saturated heterocycles. The van der Waals surface area contributed by atoms with Gasteiger partial charge in [-0.3, -0.25) is 4.79 Å². The summed E-state index contributed by atoms with van der Waals surface area (Å²) in [5.74, 6) is -1.23. The molecule has 3 nitrogen and oxygen atoms in total. The molecule has 0 saturated carbocycles. The molecular weight excluding hydrogens is 315 g/mol. The first-order valence-corrected chi connectivity index (χ1v) is 8.03. The van der Waals surface area contributed by atoms with Gasteiger partial charge in [-0.1, -0.05) is 42.5 Å². The Morgan fingerprint density at radius 2 is 1.72 bits per heavy atom. The number of fused-ring (bicyclic) bond motifs is 2. The van der Waals surface area contributed by atoms with Crippen LogP contribution in [0.1, 0.15) is 34.3 Å². The Labute approximate surface area is 145 Å². The van der Waals surface area contributed by atoms with Crippen molar-refractivity contribution in [2.75, 3.05) is 7.05 Å². The Bertz CT molecular complexity index is 1030. The number of nitrogens with zero attached hydrogens (tertiary/aromatic N) is 2. The van der Waals surface area contributed by atoms with Gasteiger partial charge in [-0.2, -0.15) is 5.26 Å². The maximum atomic E-state index is 14.5. The van der Waals surface area contributed by atoms with Gasteiger partial charge in [-0.15, -0.1) is 0 Å². The van der Waals surface area contributed by atoms with Crippen molar-refractivity contribution < 1.29 is 9.18 Å². The highest BCUT2D eigenvalue weighted by atomic mass is 19.1. The standard InChI is InChI=1S/C21H15FN2O/c1-12-16(11-23)18(15-9-5-6-10-17(15)22)19-20(24(12)2)13-7-3-4-8-14(13)21(19)25/h3-10,18H,1-2H3/t18-/m1/s1. The summed E-state index contributed by atoms with van der Waals surface area (Å²) >= 11 is 0. The Morgan fingerprint density at radius 1 is 1.08 bits per heavy atom. The van der Waals surface area contributed by atoms with Crippen molar-refractivity contribution in [1.29, 1.82) is 5.26 Å². The van der Waals surface area contributed by atoms with Crippen LogP contribution >= 0.6 is 0 Å². The third-order valence-electron chi connectivity index (χ3n) is 5.07. The van der Waals surface area contributed by atoms with Crippen LogP contribution in [0.5, 0.6) is 0 Å². The molecule has 2 aromatic carbocycles. The maximum absolute atomic E-state index is 14.5. The molecule has 2 aliphatic rings. The number of hydrogen-bond donors (Lipinski definition) is 0. The van der Waals surface area contributed by atoms with E-state index in [0.717, 1.165) is 17.0 Å². The van der Waals surface area contributed by atoms with Gasteiger partial charge in [-0.25, -0.2) is 4.39 Å². The van der Waals surface area contributed by atoms with E-state index in [2.05, 4.69) is 6.07 Å². The summed E-state index contributed by atoms with van der Waals surface area (Å²) in [6.45, 7) is 1.83. The second-order valence-electron chi connectivity index (χ2n) is 6.26. The van der Waals surface area contributed by atoms with Gasteiger partial charge in [0.05, 0.1) is 23.3 Å². The van der Waals surface area contributed by atoms with Gasteiger partial charge in [0.1, 0.15) is 5.82 Å². The van der Waals surface area contributed by atoms with E-state index in [9.17, 15) is 14.4 Å². The zero-order valence-corrected chi connectivity index (χ0v) is 13.9. The Kier molecular flexibility index (Phi) is 3.33. The van der Waals surface area contributed by atoms with Crippen LogP contribution in [-0.2, 0) is 0 Å². The zero-order valence-electron chi connectivity index (χ0n) is 13.9. The topological polar surface area (TPSA) is 44.1 Å². The number of carbonyl (C=O) groups excluding carboxylic acids is 1. The quantitative estimate of drug-likeness (QED) is 0.785. The number of rotatable bonds is 1. The minimum absolute atomic E-state index is 0.133. The van der Waals surface area contributed by atoms with Crippen LogP contribution in [0.15, 0.2) is 65.4 Å². The van der Waals surface area contributed by atoms with E-state index in [1.54, 1.807) is 24.3 Å². The van der Waals surface area contributed by atoms with E-state index in [-0.39, 0.29) is 5.78 Å². The number of carbonyl (C=O) groups is 1. The summed E-state index contributed by atoms with van der Waals surface area (Å²) in [7, 11) is 1.84. The summed E-state index contributed by atoms with van der Waals surface area (Å²) in [4.78, 5) is 15.0. The molecule has 0 fully saturated rings. The average molecular weight is 330 g/mol. The molecule has 1 atom stereocenters. The minimum Gasteiger partial charge on any atom is -0.347 e. The third-order valence-corrected chi connectivity index (χ3v) is 5.07. The summed E-state index contributed by atoms with van der Waals surface area (Å²) in [6.07, 6.45) is 0. The first-order chi connectivity index (χ1) is 12.1. The van der Waals surface area contributed by atoms with Gasteiger partial charge in [-0.05, 0) is 13.0 Å². The van der Waals surface area contributed by atoms with Crippen LogP contribution in [0, 0.1) is 17.1 Å². The van der Waals surface area contributed by atoms with Crippen LogP contribution in [0.4, 0.5) is 4.39 Å². The molecule has 1 aliphatic carbocycles. The molecule has 1 heterocycles. The molecule has 0 amide bonds. The number of allylic oxidation sites excluding steroid dienone is 3. The fourth-order valence-corrected chi connectivity index (χ4v) is 3.78. The van der Waals surface area contributed by atoms with E-state index in [1.165, 1.54) is 6.07 Å². The second-order valence-corrected chi connectivity index (χ2v) is 6.26. The predicted octanol–water partition coefficient (Wildman–Crippen LogP) is 4.26. The molecule has 0 spiro atoms. The highest BCUT2D eigenvalue weighted by Gasteiger charge is 2.43. The smallest absolute Gasteiger partial charge is 0.192 e. The highest BCUT2D eigenvalue weighted by molar-refractivity contribution is 6.22. The third kappa shape index (κ3) is 1.99. The first kappa shape index (κ1) is 15.3. The number of hydrogen-bond acceptors (Lipinski definition) is 3. The number of nitriles is 1. The number of Topliss-reactive ketones (excluding diaryl/α,β-unsaturated/α-hetero) is 1. The van der Waals surface area contributed by atoms with Gasteiger partial charge in [0.25, 0.3) is 0 Å². The maximum Gasteiger partial charge on any atom is 0.192 e. The molecule has 122 valence electrons. The van der Waals surface area contributed by atoms with Crippen molar-refractivity contribution >= 4 is 11.5 Å². The molecule has 25 heavy (non-hydrogen) atoms. The first-order valence-electron chi connectivity index (χ1n) is 8.03. The Morgan fingerprint density at radius 3 is 2.40 bits per heavy atom. The van der Waals surface area contributed by atoms with E-state index >= 15 is 0 Å². The van der Waals surface area contributed by atoms with E-state index in [4.69, 9.17) is 0 Å². The molecule has 0 bridgehead atoms. The van der Waals surface area contributed by atoms with Crippen LogP contribution in [0.2, 0.25) is 0 Å². The normalized spacial score (nSPS) is 19.0. The molecule has 4 heteroatoms. The second kappa shape index (κ2) is 5.42. The molecule has 0 N–H and O–H groups in total. The van der Waals surface area contributed by atoms with Crippen LogP contribution in [0.25, 0.3) is 5.70 Å². The lowest BCUT2D eigenvalue weighted by atomic mass is 9.79. The number of benzene rings is 2. The van der Waals surface area contributed by atoms with Crippen molar-refractivity contribution in [3.05, 3.63) is 87.9 Å². The van der Waals surface area contributed by atoms with E-state index < -0.39 is 11.7 Å². The van der Waals surface area contributed by atoms with Crippen LogP contribution in [0.3, 0.4) is 0 Å². The van der Waals surface area contributed by atoms with Crippen molar-refractivity contribution in [2.24, 2.45) is 0 Å². The fourth-order valence-electron chi connectivity index (χ4n) is 3.78. The Hall–Kier alpha value is -3.19. The van der Waals surface area contributed by atoms with Crippen LogP contribution < -0.4 is 0 Å². The SMILES string of the molecule is CC1=C(C#N)[C@@H](c2ccccc2F)C2=C(c3ccccc3C2=O)N1C. The lowest BCUT2D eigenvalue weighted by Crippen LogP contribution is -2.26. The van der Waals surface area contributed by atoms with E-state index in [0.29, 0.717) is 22.3 Å². The summed E-state index contributed by atoms with van der Waals surface area (Å²) < 4.78 is 14.5. The molecule has 1 aliphatic heterocycles. The number of halogens is 1. The molecular formula is C21H15FN2O. The largest absolute Gasteiger partial charge is 0.347 e. The molecule has 0 aromatic heterocycles. The molecule has 2 aromatic rings. The minimum atomic E-state index is -0.683. The summed E-state index contributed by atoms with van der Waals surface area (Å²) in [5, 5.41) is 9.73. The van der Waals surface area contributed by atoms with E-state index in [1.807, 2.05) is 37.1 Å². The van der Waals surface area contributed by atoms with Gasteiger partial charge >= 0.3 is 0 Å². The zero-order chi connectivity index (χ0) is 17.7.